The number of nitrogens with zero attached hydrogens (tertiary/aromatic N) is 1. The molecule has 0 aromatic heterocycles. The van der Waals surface area contributed by atoms with Gasteiger partial charge in [0.25, 0.3) is 21.2 Å². The zero-order valence-corrected chi connectivity index (χ0v) is 11.5. The fourth-order valence-corrected chi connectivity index (χ4v) is 2.85. The predicted molar refractivity (Wildman–Crippen MR) is 63.8 cm³/mol. The van der Waals surface area contributed by atoms with E-state index >= 15 is 0 Å². The van der Waals surface area contributed by atoms with Gasteiger partial charge in [0.15, 0.2) is 0 Å². The summed E-state index contributed by atoms with van der Waals surface area (Å²) in [6.45, 7) is 0. The van der Waals surface area contributed by atoms with Crippen molar-refractivity contribution in [3.63, 3.8) is 0 Å². The molecule has 0 saturated heterocycles. The summed E-state index contributed by atoms with van der Waals surface area (Å²) < 4.78 is 47.2. The molecule has 0 fully saturated rings. The molecule has 0 aliphatic heterocycles. The molecule has 94 valence electrons. The fraction of sp³-hybridized carbons (Fsp3) is 0.143. The van der Waals surface area contributed by atoms with Crippen LogP contribution in [0.25, 0.3) is 0 Å². The van der Waals surface area contributed by atoms with E-state index < -0.39 is 36.5 Å². The SMILES string of the molecule is O=[N+]([O-])c1cc(S(=O)(=O)Cl)c(C(F)F)cc1I. The molecule has 0 bridgehead atoms. The first-order valence-electron chi connectivity index (χ1n) is 3.85. The second kappa shape index (κ2) is 4.98. The van der Waals surface area contributed by atoms with Crippen molar-refractivity contribution in [3.05, 3.63) is 31.4 Å². The van der Waals surface area contributed by atoms with Crippen molar-refractivity contribution in [2.45, 2.75) is 11.3 Å². The van der Waals surface area contributed by atoms with E-state index in [4.69, 9.17) is 10.7 Å². The molecule has 0 atom stereocenters. The van der Waals surface area contributed by atoms with Crippen LogP contribution in [0, 0.1) is 13.7 Å². The molecule has 0 N–H and O–H groups in total. The molecule has 17 heavy (non-hydrogen) atoms. The van der Waals surface area contributed by atoms with Gasteiger partial charge in [0, 0.05) is 22.3 Å². The van der Waals surface area contributed by atoms with Gasteiger partial charge in [-0.1, -0.05) is 0 Å². The second-order valence-electron chi connectivity index (χ2n) is 2.84. The minimum Gasteiger partial charge on any atom is -0.258 e. The molecule has 0 unspecified atom stereocenters. The van der Waals surface area contributed by atoms with Gasteiger partial charge in [-0.25, -0.2) is 17.2 Å². The van der Waals surface area contributed by atoms with Gasteiger partial charge in [0.1, 0.15) is 0 Å². The Morgan fingerprint density at radius 2 is 1.94 bits per heavy atom. The number of hydrogen-bond acceptors (Lipinski definition) is 4. The van der Waals surface area contributed by atoms with Gasteiger partial charge in [-0.05, 0) is 28.7 Å². The van der Waals surface area contributed by atoms with Gasteiger partial charge in [-0.3, -0.25) is 10.1 Å². The Labute approximate surface area is 112 Å². The first-order chi connectivity index (χ1) is 7.64. The lowest BCUT2D eigenvalue weighted by Crippen LogP contribution is -2.02. The monoisotopic (exact) mass is 397 g/mol. The lowest BCUT2D eigenvalue weighted by molar-refractivity contribution is -0.386. The Hall–Kier alpha value is -0.550. The van der Waals surface area contributed by atoms with Gasteiger partial charge >= 0.3 is 0 Å². The Morgan fingerprint density at radius 3 is 2.29 bits per heavy atom. The van der Waals surface area contributed by atoms with Crippen LogP contribution in [-0.2, 0) is 9.05 Å². The molecule has 0 heterocycles. The molecule has 5 nitrogen and oxygen atoms in total. The zero-order chi connectivity index (χ0) is 13.4. The van der Waals surface area contributed by atoms with Crippen LogP contribution in [0.3, 0.4) is 0 Å². The summed E-state index contributed by atoms with van der Waals surface area (Å²) in [6, 6.07) is 1.27. The van der Waals surface area contributed by atoms with E-state index in [-0.39, 0.29) is 3.57 Å². The molecular formula is C7H3ClF2INO4S. The fourth-order valence-electron chi connectivity index (χ4n) is 1.08. The van der Waals surface area contributed by atoms with Crippen molar-refractivity contribution in [1.82, 2.24) is 0 Å². The van der Waals surface area contributed by atoms with Crippen LogP contribution in [0.1, 0.15) is 12.0 Å². The molecule has 0 saturated carbocycles. The Bertz CT molecular complexity index is 577. The van der Waals surface area contributed by atoms with E-state index in [9.17, 15) is 27.3 Å². The molecule has 1 aromatic carbocycles. The topological polar surface area (TPSA) is 77.3 Å². The van der Waals surface area contributed by atoms with E-state index in [1.165, 1.54) is 22.6 Å². The quantitative estimate of drug-likeness (QED) is 0.340. The number of rotatable bonds is 3. The Morgan fingerprint density at radius 1 is 1.41 bits per heavy atom. The van der Waals surface area contributed by atoms with Crippen molar-refractivity contribution in [3.8, 4) is 0 Å². The second-order valence-corrected chi connectivity index (χ2v) is 6.53. The Balaban J connectivity index is 3.66. The summed E-state index contributed by atoms with van der Waals surface area (Å²) in [5, 5.41) is 10.6. The van der Waals surface area contributed by atoms with Crippen molar-refractivity contribution >= 4 is 48.0 Å². The zero-order valence-electron chi connectivity index (χ0n) is 7.73. The minimum atomic E-state index is -4.47. The first kappa shape index (κ1) is 14.5. The molecule has 1 rings (SSSR count). The molecular weight excluding hydrogens is 394 g/mol. The maximum atomic E-state index is 12.6. The van der Waals surface area contributed by atoms with Gasteiger partial charge in [-0.15, -0.1) is 0 Å². The third kappa shape index (κ3) is 3.22. The van der Waals surface area contributed by atoms with E-state index in [0.29, 0.717) is 6.07 Å². The summed E-state index contributed by atoms with van der Waals surface area (Å²) in [4.78, 5) is 8.74. The Kier molecular flexibility index (Phi) is 4.25. The van der Waals surface area contributed by atoms with Crippen LogP contribution in [0.2, 0.25) is 0 Å². The highest BCUT2D eigenvalue weighted by molar-refractivity contribution is 14.1. The molecule has 0 radical (unpaired) electrons. The summed E-state index contributed by atoms with van der Waals surface area (Å²) in [6.07, 6.45) is -3.09. The van der Waals surface area contributed by atoms with Crippen LogP contribution in [0.15, 0.2) is 17.0 Å². The lowest BCUT2D eigenvalue weighted by Gasteiger charge is -2.06. The number of nitro groups is 1. The van der Waals surface area contributed by atoms with Crippen LogP contribution in [0.4, 0.5) is 14.5 Å². The van der Waals surface area contributed by atoms with Crippen molar-refractivity contribution in [2.24, 2.45) is 0 Å². The molecule has 0 aliphatic rings. The third-order valence-electron chi connectivity index (χ3n) is 1.77. The maximum absolute atomic E-state index is 12.6. The summed E-state index contributed by atoms with van der Waals surface area (Å²) >= 11 is 1.47. The highest BCUT2D eigenvalue weighted by atomic mass is 127. The maximum Gasteiger partial charge on any atom is 0.284 e. The normalized spacial score (nSPS) is 11.8. The number of hydrogen-bond donors (Lipinski definition) is 0. The van der Waals surface area contributed by atoms with Crippen molar-refractivity contribution in [1.29, 1.82) is 0 Å². The predicted octanol–water partition coefficient (Wildman–Crippen LogP) is 3.06. The number of halogens is 4. The standard InChI is InChI=1S/C7H3ClF2INO4S/c8-17(15,16)6-2-5(12(13)14)4(11)1-3(6)7(9)10/h1-2,7H. The van der Waals surface area contributed by atoms with E-state index in [2.05, 4.69) is 0 Å². The van der Waals surface area contributed by atoms with Crippen molar-refractivity contribution < 1.29 is 22.1 Å². The smallest absolute Gasteiger partial charge is 0.258 e. The highest BCUT2D eigenvalue weighted by Gasteiger charge is 2.27. The van der Waals surface area contributed by atoms with Crippen LogP contribution < -0.4 is 0 Å². The van der Waals surface area contributed by atoms with Crippen LogP contribution in [0.5, 0.6) is 0 Å². The molecule has 0 amide bonds. The molecule has 1 aromatic rings. The average molecular weight is 398 g/mol. The number of benzene rings is 1. The average Bonchev–Trinajstić information content (AvgIpc) is 2.14. The third-order valence-corrected chi connectivity index (χ3v) is 4.02. The van der Waals surface area contributed by atoms with Gasteiger partial charge in [0.05, 0.1) is 13.4 Å². The van der Waals surface area contributed by atoms with Gasteiger partial charge in [-0.2, -0.15) is 0 Å². The lowest BCUT2D eigenvalue weighted by atomic mass is 10.2. The summed E-state index contributed by atoms with van der Waals surface area (Å²) in [5.74, 6) is 0. The molecule has 0 aliphatic carbocycles. The van der Waals surface area contributed by atoms with E-state index in [0.717, 1.165) is 6.07 Å². The van der Waals surface area contributed by atoms with Gasteiger partial charge in [0.2, 0.25) is 0 Å². The first-order valence-corrected chi connectivity index (χ1v) is 7.24. The van der Waals surface area contributed by atoms with E-state index in [1.54, 1.807) is 0 Å². The van der Waals surface area contributed by atoms with Gasteiger partial charge < -0.3 is 0 Å². The molecule has 0 spiro atoms. The summed E-state index contributed by atoms with van der Waals surface area (Å²) in [7, 11) is 0.484. The largest absolute Gasteiger partial charge is 0.284 e. The summed E-state index contributed by atoms with van der Waals surface area (Å²) in [5.41, 5.74) is -1.44. The number of alkyl halides is 2. The highest BCUT2D eigenvalue weighted by Crippen LogP contribution is 2.34. The van der Waals surface area contributed by atoms with Crippen molar-refractivity contribution in [2.75, 3.05) is 0 Å². The van der Waals surface area contributed by atoms with E-state index in [1.807, 2.05) is 0 Å². The number of nitro benzene ring substituents is 1. The van der Waals surface area contributed by atoms with Crippen LogP contribution in [-0.4, -0.2) is 13.3 Å². The minimum absolute atomic E-state index is 0.0908. The molecule has 10 heteroatoms. The van der Waals surface area contributed by atoms with Crippen LogP contribution >= 0.6 is 33.3 Å².